The van der Waals surface area contributed by atoms with E-state index in [0.717, 1.165) is 16.5 Å². The van der Waals surface area contributed by atoms with Crippen molar-refractivity contribution in [2.24, 2.45) is 0 Å². The molecule has 92 valence electrons. The zero-order chi connectivity index (χ0) is 13.5. The largest absolute Gasteiger partial charge is 0.355 e. The fourth-order valence-corrected chi connectivity index (χ4v) is 2.73. The first kappa shape index (κ1) is 11.4. The van der Waals surface area contributed by atoms with Crippen LogP contribution in [0.5, 0.6) is 0 Å². The highest BCUT2D eigenvalue weighted by molar-refractivity contribution is 6.33. The predicted molar refractivity (Wildman–Crippen MR) is 86.6 cm³/mol. The average Bonchev–Trinajstić information content (AvgIpc) is 2.85. The Kier molecular flexibility index (Phi) is 2.43. The fourth-order valence-electron chi connectivity index (χ4n) is 2.73. The number of fused-ring (bicyclic) bond motifs is 3. The van der Waals surface area contributed by atoms with Gasteiger partial charge in [-0.05, 0) is 29.3 Å². The van der Waals surface area contributed by atoms with E-state index in [-0.39, 0.29) is 0 Å². The van der Waals surface area contributed by atoms with Crippen molar-refractivity contribution in [1.29, 1.82) is 0 Å². The third kappa shape index (κ3) is 1.73. The molecule has 0 aliphatic rings. The molecule has 3 aromatic carbocycles. The van der Waals surface area contributed by atoms with Crippen molar-refractivity contribution in [2.75, 3.05) is 0 Å². The minimum absolute atomic E-state index is 0.795. The van der Waals surface area contributed by atoms with Gasteiger partial charge in [-0.25, -0.2) is 0 Å². The Bertz CT molecular complexity index is 907. The van der Waals surface area contributed by atoms with Gasteiger partial charge in [-0.1, -0.05) is 54.0 Å². The summed E-state index contributed by atoms with van der Waals surface area (Å²) in [6.45, 7) is 0. The molecule has 1 aromatic heterocycles. The van der Waals surface area contributed by atoms with Crippen LogP contribution >= 0.6 is 0 Å². The first-order valence-corrected chi connectivity index (χ1v) is 6.68. The molecule has 0 unspecified atom stereocenters. The van der Waals surface area contributed by atoms with Gasteiger partial charge >= 0.3 is 0 Å². The van der Waals surface area contributed by atoms with Crippen LogP contribution in [0.15, 0.2) is 66.7 Å². The molecule has 4 rings (SSSR count). The van der Waals surface area contributed by atoms with Crippen LogP contribution in [0.25, 0.3) is 32.9 Å². The summed E-state index contributed by atoms with van der Waals surface area (Å²) in [5, 5.41) is 2.39. The minimum atomic E-state index is 0.795. The molecule has 0 aliphatic heterocycles. The molecule has 0 saturated carbocycles. The van der Waals surface area contributed by atoms with Gasteiger partial charge in [-0.2, -0.15) is 0 Å². The van der Waals surface area contributed by atoms with Crippen molar-refractivity contribution in [3.05, 3.63) is 66.7 Å². The molecule has 1 N–H and O–H groups in total. The van der Waals surface area contributed by atoms with Crippen LogP contribution in [0.4, 0.5) is 0 Å². The molecule has 2 radical (unpaired) electrons. The lowest BCUT2D eigenvalue weighted by Crippen LogP contribution is -1.98. The van der Waals surface area contributed by atoms with Gasteiger partial charge in [0.05, 0.1) is 0 Å². The van der Waals surface area contributed by atoms with E-state index in [4.69, 9.17) is 7.85 Å². The van der Waals surface area contributed by atoms with E-state index < -0.39 is 0 Å². The molecule has 0 spiro atoms. The Labute approximate surface area is 118 Å². The Morgan fingerprint density at radius 2 is 1.35 bits per heavy atom. The summed E-state index contributed by atoms with van der Waals surface area (Å²) in [6, 6.07) is 22.9. The topological polar surface area (TPSA) is 15.8 Å². The van der Waals surface area contributed by atoms with Crippen LogP contribution in [0.2, 0.25) is 0 Å². The number of H-pyrrole nitrogens is 1. The first-order chi connectivity index (χ1) is 9.81. The number of rotatable bonds is 1. The summed E-state index contributed by atoms with van der Waals surface area (Å²) in [7, 11) is 5.91. The van der Waals surface area contributed by atoms with E-state index in [9.17, 15) is 0 Å². The number of hydrogen-bond donors (Lipinski definition) is 1. The van der Waals surface area contributed by atoms with Crippen LogP contribution in [0, 0.1) is 0 Å². The van der Waals surface area contributed by atoms with E-state index >= 15 is 0 Å². The summed E-state index contributed by atoms with van der Waals surface area (Å²) in [5.74, 6) is 0. The quantitative estimate of drug-likeness (QED) is 0.497. The van der Waals surface area contributed by atoms with Gasteiger partial charge in [0, 0.05) is 21.8 Å². The van der Waals surface area contributed by atoms with Crippen molar-refractivity contribution in [3.8, 4) is 11.1 Å². The number of aromatic amines is 1. The molecule has 0 fully saturated rings. The van der Waals surface area contributed by atoms with Crippen LogP contribution in [-0.4, -0.2) is 12.8 Å². The first-order valence-electron chi connectivity index (χ1n) is 6.68. The third-order valence-corrected chi connectivity index (χ3v) is 3.73. The minimum Gasteiger partial charge on any atom is -0.355 e. The lowest BCUT2D eigenvalue weighted by atomic mass is 9.94. The van der Waals surface area contributed by atoms with Gasteiger partial charge in [0.15, 0.2) is 0 Å². The highest BCUT2D eigenvalue weighted by atomic mass is 14.7. The van der Waals surface area contributed by atoms with E-state index in [1.165, 1.54) is 21.9 Å². The second kappa shape index (κ2) is 4.27. The Hall–Kier alpha value is -2.48. The highest BCUT2D eigenvalue weighted by Gasteiger charge is 2.06. The summed E-state index contributed by atoms with van der Waals surface area (Å²) >= 11 is 0. The number of benzene rings is 3. The molecule has 0 bridgehead atoms. The monoisotopic (exact) mass is 253 g/mol. The zero-order valence-corrected chi connectivity index (χ0v) is 10.9. The zero-order valence-electron chi connectivity index (χ0n) is 10.9. The molecule has 1 heterocycles. The van der Waals surface area contributed by atoms with Gasteiger partial charge < -0.3 is 4.98 Å². The second-order valence-electron chi connectivity index (χ2n) is 5.06. The molecule has 2 heteroatoms. The van der Waals surface area contributed by atoms with Crippen LogP contribution < -0.4 is 5.46 Å². The smallest absolute Gasteiger partial charge is 0.113 e. The summed E-state index contributed by atoms with van der Waals surface area (Å²) < 4.78 is 0. The molecule has 4 aromatic rings. The molecule has 20 heavy (non-hydrogen) atoms. The molecule has 0 saturated heterocycles. The maximum absolute atomic E-state index is 5.91. The molecule has 0 amide bonds. The van der Waals surface area contributed by atoms with Gasteiger partial charge in [0.2, 0.25) is 0 Å². The van der Waals surface area contributed by atoms with Crippen molar-refractivity contribution in [3.63, 3.8) is 0 Å². The maximum Gasteiger partial charge on any atom is 0.113 e. The van der Waals surface area contributed by atoms with Gasteiger partial charge in [-0.15, -0.1) is 0 Å². The van der Waals surface area contributed by atoms with Crippen molar-refractivity contribution >= 4 is 35.1 Å². The number of hydrogen-bond acceptors (Lipinski definition) is 0. The standard InChI is InChI=1S/C18H12BN/c19-14-7-9-18-16(11-14)15-10-13(6-8-17(15)20-18)12-4-2-1-3-5-12/h1-11,20H. The summed E-state index contributed by atoms with van der Waals surface area (Å²) in [6.07, 6.45) is 0. The molecule has 1 nitrogen and oxygen atoms in total. The van der Waals surface area contributed by atoms with E-state index in [0.29, 0.717) is 0 Å². The number of nitrogens with one attached hydrogen (secondary N) is 1. The van der Waals surface area contributed by atoms with E-state index in [1.54, 1.807) is 0 Å². The number of aromatic nitrogens is 1. The van der Waals surface area contributed by atoms with E-state index in [2.05, 4.69) is 47.4 Å². The summed E-state index contributed by atoms with van der Waals surface area (Å²) in [5.41, 5.74) is 5.52. The van der Waals surface area contributed by atoms with Gasteiger partial charge in [0.25, 0.3) is 0 Å². The van der Waals surface area contributed by atoms with Crippen molar-refractivity contribution < 1.29 is 0 Å². The van der Waals surface area contributed by atoms with Gasteiger partial charge in [-0.3, -0.25) is 0 Å². The van der Waals surface area contributed by atoms with Gasteiger partial charge in [0.1, 0.15) is 7.85 Å². The Morgan fingerprint density at radius 3 is 2.15 bits per heavy atom. The Morgan fingerprint density at radius 1 is 0.650 bits per heavy atom. The normalized spacial score (nSPS) is 11.2. The van der Waals surface area contributed by atoms with Crippen LogP contribution in [0.1, 0.15) is 0 Å². The predicted octanol–water partition coefficient (Wildman–Crippen LogP) is 3.78. The highest BCUT2D eigenvalue weighted by Crippen LogP contribution is 2.29. The van der Waals surface area contributed by atoms with Crippen molar-refractivity contribution in [1.82, 2.24) is 4.98 Å². The lowest BCUT2D eigenvalue weighted by Gasteiger charge is -2.02. The molecular formula is C18H12BN. The van der Waals surface area contributed by atoms with Crippen molar-refractivity contribution in [2.45, 2.75) is 0 Å². The molecule has 0 atom stereocenters. The van der Waals surface area contributed by atoms with Crippen LogP contribution in [0.3, 0.4) is 0 Å². The second-order valence-corrected chi connectivity index (χ2v) is 5.06. The average molecular weight is 253 g/mol. The van der Waals surface area contributed by atoms with E-state index in [1.807, 2.05) is 24.3 Å². The molecule has 0 aliphatic carbocycles. The third-order valence-electron chi connectivity index (χ3n) is 3.73. The Balaban J connectivity index is 2.03. The summed E-state index contributed by atoms with van der Waals surface area (Å²) in [4.78, 5) is 3.43. The fraction of sp³-hybridized carbons (Fsp3) is 0. The SMILES string of the molecule is [B]c1ccc2[nH]c3ccc(-c4ccccc4)cc3c2c1. The lowest BCUT2D eigenvalue weighted by molar-refractivity contribution is 1.55. The molecular weight excluding hydrogens is 241 g/mol. The van der Waals surface area contributed by atoms with Crippen LogP contribution in [-0.2, 0) is 0 Å². The maximum atomic E-state index is 5.91.